The van der Waals surface area contributed by atoms with E-state index in [9.17, 15) is 4.39 Å². The van der Waals surface area contributed by atoms with Crippen molar-refractivity contribution in [2.24, 2.45) is 5.73 Å². The third kappa shape index (κ3) is 1.70. The van der Waals surface area contributed by atoms with Gasteiger partial charge in [0.05, 0.1) is 0 Å². The Balaban J connectivity index is 2.03. The summed E-state index contributed by atoms with van der Waals surface area (Å²) in [6.45, 7) is 0.731. The van der Waals surface area contributed by atoms with Gasteiger partial charge in [-0.25, -0.2) is 4.39 Å². The molecule has 2 N–H and O–H groups in total. The van der Waals surface area contributed by atoms with E-state index in [0.29, 0.717) is 11.3 Å². The first-order valence-corrected chi connectivity index (χ1v) is 6.75. The van der Waals surface area contributed by atoms with Crippen LogP contribution in [0.4, 0.5) is 4.39 Å². The molecule has 2 aliphatic rings. The highest BCUT2D eigenvalue weighted by atomic mass is 19.1. The monoisotopic (exact) mass is 233 g/mol. The van der Waals surface area contributed by atoms with Crippen LogP contribution < -0.4 is 5.73 Å². The predicted octanol–water partition coefficient (Wildman–Crippen LogP) is 3.47. The summed E-state index contributed by atoms with van der Waals surface area (Å²) in [5.74, 6) is 0.477. The molecule has 0 aliphatic heterocycles. The summed E-state index contributed by atoms with van der Waals surface area (Å²) in [5.41, 5.74) is 8.69. The van der Waals surface area contributed by atoms with Crippen LogP contribution in [0.25, 0.3) is 0 Å². The smallest absolute Gasteiger partial charge is 0.123 e. The van der Waals surface area contributed by atoms with Crippen LogP contribution in [0.15, 0.2) is 18.2 Å². The summed E-state index contributed by atoms with van der Waals surface area (Å²) < 4.78 is 13.5. The minimum atomic E-state index is -0.0802. The first kappa shape index (κ1) is 11.2. The van der Waals surface area contributed by atoms with Crippen molar-refractivity contribution in [1.29, 1.82) is 0 Å². The van der Waals surface area contributed by atoms with Gasteiger partial charge in [-0.05, 0) is 73.2 Å². The molecule has 2 aliphatic carbocycles. The minimum absolute atomic E-state index is 0.0802. The van der Waals surface area contributed by atoms with E-state index in [1.165, 1.54) is 43.2 Å². The molecule has 0 heterocycles. The molecule has 1 unspecified atom stereocenters. The molecule has 1 fully saturated rings. The Kier molecular flexibility index (Phi) is 2.70. The van der Waals surface area contributed by atoms with Gasteiger partial charge in [-0.2, -0.15) is 0 Å². The average Bonchev–Trinajstić information content (AvgIpc) is 2.27. The molecule has 1 aromatic carbocycles. The fourth-order valence-electron chi connectivity index (χ4n) is 3.71. The third-order valence-electron chi connectivity index (χ3n) is 4.82. The van der Waals surface area contributed by atoms with E-state index < -0.39 is 0 Å². The number of fused-ring (bicyclic) bond motifs is 2. The Hall–Kier alpha value is -0.890. The number of hydrogen-bond donors (Lipinski definition) is 1. The normalized spacial score (nSPS) is 25.4. The van der Waals surface area contributed by atoms with Gasteiger partial charge in [-0.15, -0.1) is 0 Å². The van der Waals surface area contributed by atoms with Crippen LogP contribution in [-0.4, -0.2) is 6.54 Å². The van der Waals surface area contributed by atoms with Crippen molar-refractivity contribution in [2.75, 3.05) is 6.54 Å². The molecule has 1 saturated carbocycles. The molecule has 2 heteroatoms. The molecule has 1 nitrogen and oxygen atoms in total. The maximum atomic E-state index is 13.5. The lowest BCUT2D eigenvalue weighted by molar-refractivity contribution is 0.196. The number of benzene rings is 1. The topological polar surface area (TPSA) is 26.0 Å². The van der Waals surface area contributed by atoms with Gasteiger partial charge in [0.25, 0.3) is 0 Å². The molecule has 1 spiro atoms. The van der Waals surface area contributed by atoms with Gasteiger partial charge in [-0.1, -0.05) is 12.5 Å². The molecule has 92 valence electrons. The van der Waals surface area contributed by atoms with E-state index in [1.54, 1.807) is 12.1 Å². The molecule has 0 amide bonds. The van der Waals surface area contributed by atoms with Crippen molar-refractivity contribution in [3.8, 4) is 0 Å². The van der Waals surface area contributed by atoms with Gasteiger partial charge in [0.1, 0.15) is 5.82 Å². The highest BCUT2D eigenvalue weighted by molar-refractivity contribution is 5.41. The molecule has 3 rings (SSSR count). The van der Waals surface area contributed by atoms with Crippen molar-refractivity contribution in [3.63, 3.8) is 0 Å². The Morgan fingerprint density at radius 3 is 2.76 bits per heavy atom. The van der Waals surface area contributed by atoms with E-state index in [0.717, 1.165) is 13.0 Å². The zero-order valence-corrected chi connectivity index (χ0v) is 10.2. The maximum absolute atomic E-state index is 13.5. The number of halogens is 1. The Morgan fingerprint density at radius 1 is 1.29 bits per heavy atom. The second-order valence-corrected chi connectivity index (χ2v) is 5.68. The van der Waals surface area contributed by atoms with Crippen LogP contribution in [0, 0.1) is 5.82 Å². The van der Waals surface area contributed by atoms with Crippen molar-refractivity contribution in [2.45, 2.75) is 49.9 Å². The lowest BCUT2D eigenvalue weighted by Crippen LogP contribution is -2.39. The van der Waals surface area contributed by atoms with Gasteiger partial charge in [0.2, 0.25) is 0 Å². The van der Waals surface area contributed by atoms with Crippen LogP contribution in [0.5, 0.6) is 0 Å². The fraction of sp³-hybridized carbons (Fsp3) is 0.600. The number of nitrogens with two attached hydrogens (primary N) is 1. The summed E-state index contributed by atoms with van der Waals surface area (Å²) in [6.07, 6.45) is 7.30. The SMILES string of the molecule is NCCC1CCC2(CCC2)c2cc(F)ccc21. The van der Waals surface area contributed by atoms with Crippen LogP contribution in [0.3, 0.4) is 0 Å². The Bertz CT molecular complexity index is 423. The van der Waals surface area contributed by atoms with Crippen molar-refractivity contribution in [1.82, 2.24) is 0 Å². The molecular weight excluding hydrogens is 213 g/mol. The van der Waals surface area contributed by atoms with Crippen molar-refractivity contribution in [3.05, 3.63) is 35.1 Å². The van der Waals surface area contributed by atoms with Crippen molar-refractivity contribution < 1.29 is 4.39 Å². The molecule has 0 radical (unpaired) electrons. The standard InChI is InChI=1S/C15H20FN/c16-12-2-3-13-11(5-9-17)4-8-15(6-1-7-15)14(13)10-12/h2-3,10-11H,1,4-9,17H2. The second kappa shape index (κ2) is 4.09. The first-order chi connectivity index (χ1) is 8.25. The molecule has 1 atom stereocenters. The van der Waals surface area contributed by atoms with Gasteiger partial charge < -0.3 is 5.73 Å². The van der Waals surface area contributed by atoms with E-state index in [-0.39, 0.29) is 5.82 Å². The van der Waals surface area contributed by atoms with E-state index in [2.05, 4.69) is 0 Å². The fourth-order valence-corrected chi connectivity index (χ4v) is 3.71. The third-order valence-corrected chi connectivity index (χ3v) is 4.82. The van der Waals surface area contributed by atoms with E-state index >= 15 is 0 Å². The second-order valence-electron chi connectivity index (χ2n) is 5.68. The first-order valence-electron chi connectivity index (χ1n) is 6.75. The highest BCUT2D eigenvalue weighted by Gasteiger charge is 2.43. The zero-order chi connectivity index (χ0) is 11.9. The lowest BCUT2D eigenvalue weighted by atomic mass is 9.56. The van der Waals surface area contributed by atoms with Crippen molar-refractivity contribution >= 4 is 0 Å². The molecule has 0 saturated heterocycles. The van der Waals surface area contributed by atoms with Crippen LogP contribution >= 0.6 is 0 Å². The molecule has 0 bridgehead atoms. The molecule has 1 aromatic rings. The van der Waals surface area contributed by atoms with Crippen LogP contribution in [0.2, 0.25) is 0 Å². The van der Waals surface area contributed by atoms with Gasteiger partial charge in [0.15, 0.2) is 0 Å². The number of rotatable bonds is 2. The molecular formula is C15H20FN. The van der Waals surface area contributed by atoms with Crippen LogP contribution in [0.1, 0.15) is 55.6 Å². The summed E-state index contributed by atoms with van der Waals surface area (Å²) in [5, 5.41) is 0. The Labute approximate surface area is 102 Å². The summed E-state index contributed by atoms with van der Waals surface area (Å²) >= 11 is 0. The van der Waals surface area contributed by atoms with E-state index in [1.807, 2.05) is 6.07 Å². The Morgan fingerprint density at radius 2 is 2.12 bits per heavy atom. The molecule has 0 aromatic heterocycles. The zero-order valence-electron chi connectivity index (χ0n) is 10.2. The van der Waals surface area contributed by atoms with Gasteiger partial charge in [-0.3, -0.25) is 0 Å². The van der Waals surface area contributed by atoms with E-state index in [4.69, 9.17) is 5.73 Å². The average molecular weight is 233 g/mol. The van der Waals surface area contributed by atoms with Crippen LogP contribution in [-0.2, 0) is 5.41 Å². The highest BCUT2D eigenvalue weighted by Crippen LogP contribution is 2.54. The summed E-state index contributed by atoms with van der Waals surface area (Å²) in [6, 6.07) is 5.40. The minimum Gasteiger partial charge on any atom is -0.330 e. The largest absolute Gasteiger partial charge is 0.330 e. The lowest BCUT2D eigenvalue weighted by Gasteiger charge is -2.48. The quantitative estimate of drug-likeness (QED) is 0.831. The maximum Gasteiger partial charge on any atom is 0.123 e. The van der Waals surface area contributed by atoms with Gasteiger partial charge >= 0.3 is 0 Å². The summed E-state index contributed by atoms with van der Waals surface area (Å²) in [4.78, 5) is 0. The summed E-state index contributed by atoms with van der Waals surface area (Å²) in [7, 11) is 0. The molecule has 17 heavy (non-hydrogen) atoms. The van der Waals surface area contributed by atoms with Gasteiger partial charge in [0, 0.05) is 0 Å². The predicted molar refractivity (Wildman–Crippen MR) is 67.6 cm³/mol. The number of hydrogen-bond acceptors (Lipinski definition) is 1.